The van der Waals surface area contributed by atoms with Crippen molar-refractivity contribution in [3.05, 3.63) is 21.9 Å². The smallest absolute Gasteiger partial charge is 0.227 e. The second kappa shape index (κ2) is 6.27. The van der Waals surface area contributed by atoms with Gasteiger partial charge in [-0.15, -0.1) is 11.3 Å². The fourth-order valence-electron chi connectivity index (χ4n) is 3.72. The zero-order valence-corrected chi connectivity index (χ0v) is 12.8. The van der Waals surface area contributed by atoms with Crippen molar-refractivity contribution in [3.8, 4) is 0 Å². The van der Waals surface area contributed by atoms with E-state index in [0.29, 0.717) is 18.5 Å². The van der Waals surface area contributed by atoms with Crippen molar-refractivity contribution in [1.29, 1.82) is 0 Å². The average Bonchev–Trinajstić information content (AvgIpc) is 2.96. The SMILES string of the molecule is NCC1CCCCC1NC(=O)C1CCCc2sccc21. The van der Waals surface area contributed by atoms with Crippen LogP contribution in [0, 0.1) is 5.92 Å². The third kappa shape index (κ3) is 2.77. The molecule has 3 nitrogen and oxygen atoms in total. The molecule has 0 bridgehead atoms. The van der Waals surface area contributed by atoms with Gasteiger partial charge in [0.05, 0.1) is 5.92 Å². The zero-order valence-electron chi connectivity index (χ0n) is 11.9. The van der Waals surface area contributed by atoms with Crippen molar-refractivity contribution in [2.75, 3.05) is 6.54 Å². The van der Waals surface area contributed by atoms with E-state index in [4.69, 9.17) is 5.73 Å². The van der Waals surface area contributed by atoms with Gasteiger partial charge in [0.25, 0.3) is 0 Å². The van der Waals surface area contributed by atoms with Crippen molar-refractivity contribution in [2.45, 2.75) is 56.9 Å². The number of thiophene rings is 1. The molecule has 1 heterocycles. The molecule has 3 N–H and O–H groups in total. The molecule has 20 heavy (non-hydrogen) atoms. The number of aryl methyl sites for hydroxylation is 1. The molecule has 110 valence electrons. The summed E-state index contributed by atoms with van der Waals surface area (Å²) < 4.78 is 0. The van der Waals surface area contributed by atoms with Gasteiger partial charge >= 0.3 is 0 Å². The molecule has 0 aliphatic heterocycles. The van der Waals surface area contributed by atoms with E-state index in [0.717, 1.165) is 32.1 Å². The first-order chi connectivity index (χ1) is 9.79. The Morgan fingerprint density at radius 1 is 1.30 bits per heavy atom. The predicted molar refractivity (Wildman–Crippen MR) is 82.9 cm³/mol. The second-order valence-electron chi connectivity index (χ2n) is 6.14. The number of hydrogen-bond donors (Lipinski definition) is 2. The van der Waals surface area contributed by atoms with E-state index in [1.165, 1.54) is 23.3 Å². The third-order valence-electron chi connectivity index (χ3n) is 4.91. The standard InChI is InChI=1S/C16H24N2OS/c17-10-11-4-1-2-6-14(11)18-16(19)13-5-3-7-15-12(13)8-9-20-15/h8-9,11,13-14H,1-7,10,17H2,(H,18,19). The summed E-state index contributed by atoms with van der Waals surface area (Å²) in [5.41, 5.74) is 7.13. The Labute approximate surface area is 124 Å². The van der Waals surface area contributed by atoms with Crippen LogP contribution in [0.4, 0.5) is 0 Å². The summed E-state index contributed by atoms with van der Waals surface area (Å²) in [6.45, 7) is 0.694. The van der Waals surface area contributed by atoms with Gasteiger partial charge in [0, 0.05) is 10.9 Å². The molecule has 2 aliphatic rings. The van der Waals surface area contributed by atoms with Crippen LogP contribution in [0.2, 0.25) is 0 Å². The highest BCUT2D eigenvalue weighted by Crippen LogP contribution is 2.35. The molecule has 0 aromatic carbocycles. The Bertz CT molecular complexity index is 471. The fourth-order valence-corrected chi connectivity index (χ4v) is 4.71. The topological polar surface area (TPSA) is 55.1 Å². The predicted octanol–water partition coefficient (Wildman–Crippen LogP) is 2.80. The summed E-state index contributed by atoms with van der Waals surface area (Å²) in [4.78, 5) is 14.1. The molecule has 0 radical (unpaired) electrons. The normalized spacial score (nSPS) is 29.8. The summed E-state index contributed by atoms with van der Waals surface area (Å²) in [6.07, 6.45) is 8.01. The third-order valence-corrected chi connectivity index (χ3v) is 5.90. The Balaban J connectivity index is 1.68. The number of hydrogen-bond acceptors (Lipinski definition) is 3. The number of nitrogens with two attached hydrogens (primary N) is 1. The molecule has 1 saturated carbocycles. The maximum absolute atomic E-state index is 12.6. The molecule has 1 amide bonds. The van der Waals surface area contributed by atoms with Crippen LogP contribution >= 0.6 is 11.3 Å². The van der Waals surface area contributed by atoms with Crippen molar-refractivity contribution < 1.29 is 4.79 Å². The molecule has 0 spiro atoms. The Kier molecular flexibility index (Phi) is 4.41. The second-order valence-corrected chi connectivity index (χ2v) is 7.14. The number of rotatable bonds is 3. The maximum Gasteiger partial charge on any atom is 0.227 e. The highest BCUT2D eigenvalue weighted by Gasteiger charge is 2.31. The fraction of sp³-hybridized carbons (Fsp3) is 0.688. The molecular formula is C16H24N2OS. The van der Waals surface area contributed by atoms with Crippen molar-refractivity contribution >= 4 is 17.2 Å². The summed E-state index contributed by atoms with van der Waals surface area (Å²) in [5, 5.41) is 5.43. The maximum atomic E-state index is 12.6. The summed E-state index contributed by atoms with van der Waals surface area (Å²) in [6, 6.07) is 2.44. The molecular weight excluding hydrogens is 268 g/mol. The summed E-state index contributed by atoms with van der Waals surface area (Å²) in [5.74, 6) is 0.776. The van der Waals surface area contributed by atoms with Crippen LogP contribution in [0.25, 0.3) is 0 Å². The number of carbonyl (C=O) groups excluding carboxylic acids is 1. The first-order valence-corrected chi connectivity index (χ1v) is 8.74. The van der Waals surface area contributed by atoms with Crippen LogP contribution in [0.15, 0.2) is 11.4 Å². The highest BCUT2D eigenvalue weighted by atomic mass is 32.1. The van der Waals surface area contributed by atoms with Gasteiger partial charge in [-0.2, -0.15) is 0 Å². The van der Waals surface area contributed by atoms with Crippen LogP contribution in [0.5, 0.6) is 0 Å². The van der Waals surface area contributed by atoms with E-state index in [-0.39, 0.29) is 11.8 Å². The average molecular weight is 292 g/mol. The van der Waals surface area contributed by atoms with Gasteiger partial charge < -0.3 is 11.1 Å². The lowest BCUT2D eigenvalue weighted by molar-refractivity contribution is -0.124. The lowest BCUT2D eigenvalue weighted by Crippen LogP contribution is -2.46. The monoisotopic (exact) mass is 292 g/mol. The van der Waals surface area contributed by atoms with Gasteiger partial charge in [0.15, 0.2) is 0 Å². The highest BCUT2D eigenvalue weighted by molar-refractivity contribution is 7.10. The lowest BCUT2D eigenvalue weighted by Gasteiger charge is -2.33. The molecule has 1 fully saturated rings. The molecule has 1 aromatic rings. The molecule has 0 saturated heterocycles. The Hall–Kier alpha value is -0.870. The number of carbonyl (C=O) groups is 1. The van der Waals surface area contributed by atoms with Gasteiger partial charge in [-0.25, -0.2) is 0 Å². The minimum absolute atomic E-state index is 0.0744. The molecule has 3 rings (SSSR count). The first-order valence-electron chi connectivity index (χ1n) is 7.86. The van der Waals surface area contributed by atoms with Crippen molar-refractivity contribution in [3.63, 3.8) is 0 Å². The van der Waals surface area contributed by atoms with E-state index in [1.807, 2.05) is 0 Å². The van der Waals surface area contributed by atoms with Gasteiger partial charge in [0.1, 0.15) is 0 Å². The van der Waals surface area contributed by atoms with Crippen LogP contribution in [-0.2, 0) is 11.2 Å². The Morgan fingerprint density at radius 3 is 3.00 bits per heavy atom. The minimum Gasteiger partial charge on any atom is -0.353 e. The quantitative estimate of drug-likeness (QED) is 0.900. The summed E-state index contributed by atoms with van der Waals surface area (Å²) in [7, 11) is 0. The van der Waals surface area contributed by atoms with E-state index < -0.39 is 0 Å². The van der Waals surface area contributed by atoms with Crippen LogP contribution < -0.4 is 11.1 Å². The van der Waals surface area contributed by atoms with Gasteiger partial charge in [-0.05, 0) is 61.6 Å². The van der Waals surface area contributed by atoms with Crippen molar-refractivity contribution in [1.82, 2.24) is 5.32 Å². The number of amides is 1. The van der Waals surface area contributed by atoms with Crippen molar-refractivity contribution in [2.24, 2.45) is 11.7 Å². The number of fused-ring (bicyclic) bond motifs is 1. The summed E-state index contributed by atoms with van der Waals surface area (Å²) >= 11 is 1.80. The van der Waals surface area contributed by atoms with Gasteiger partial charge in [-0.1, -0.05) is 12.8 Å². The van der Waals surface area contributed by atoms with E-state index in [9.17, 15) is 4.79 Å². The Morgan fingerprint density at radius 2 is 2.15 bits per heavy atom. The largest absolute Gasteiger partial charge is 0.353 e. The minimum atomic E-state index is 0.0744. The van der Waals surface area contributed by atoms with E-state index in [1.54, 1.807) is 11.3 Å². The van der Waals surface area contributed by atoms with Crippen LogP contribution in [-0.4, -0.2) is 18.5 Å². The molecule has 1 aromatic heterocycles. The zero-order chi connectivity index (χ0) is 13.9. The molecule has 3 unspecified atom stereocenters. The molecule has 3 atom stereocenters. The van der Waals surface area contributed by atoms with Gasteiger partial charge in [-0.3, -0.25) is 4.79 Å². The molecule has 4 heteroatoms. The van der Waals surface area contributed by atoms with E-state index >= 15 is 0 Å². The first kappa shape index (κ1) is 14.1. The van der Waals surface area contributed by atoms with Gasteiger partial charge in [0.2, 0.25) is 5.91 Å². The lowest BCUT2D eigenvalue weighted by atomic mass is 9.83. The van der Waals surface area contributed by atoms with E-state index in [2.05, 4.69) is 16.8 Å². The van der Waals surface area contributed by atoms with Crippen LogP contribution in [0.3, 0.4) is 0 Å². The number of nitrogens with one attached hydrogen (secondary N) is 1. The van der Waals surface area contributed by atoms with Crippen LogP contribution in [0.1, 0.15) is 54.9 Å². The molecule has 2 aliphatic carbocycles.